The van der Waals surface area contributed by atoms with Crippen molar-refractivity contribution >= 4 is 5.69 Å². The molecule has 2 aromatic rings. The van der Waals surface area contributed by atoms with E-state index >= 15 is 0 Å². The van der Waals surface area contributed by atoms with Crippen molar-refractivity contribution in [3.05, 3.63) is 54.1 Å². The number of benzene rings is 2. The molecule has 2 rings (SSSR count). The van der Waals surface area contributed by atoms with Crippen LogP contribution < -0.4 is 5.48 Å². The number of hydrogen-bond donors (Lipinski definition) is 2. The summed E-state index contributed by atoms with van der Waals surface area (Å²) in [7, 11) is 0. The Balaban J connectivity index is 2.52. The molecule has 76 valence electrons. The maximum Gasteiger partial charge on any atom is 0.0608 e. The number of anilines is 1. The zero-order valence-corrected chi connectivity index (χ0v) is 8.57. The van der Waals surface area contributed by atoms with Gasteiger partial charge in [0.2, 0.25) is 0 Å². The summed E-state index contributed by atoms with van der Waals surface area (Å²) >= 11 is 0. The molecule has 0 saturated carbocycles. The van der Waals surface area contributed by atoms with Crippen molar-refractivity contribution in [3.63, 3.8) is 0 Å². The zero-order chi connectivity index (χ0) is 10.7. The fourth-order valence-electron chi connectivity index (χ4n) is 1.62. The lowest BCUT2D eigenvalue weighted by molar-refractivity contribution is 0.389. The molecular weight excluding hydrogens is 186 g/mol. The van der Waals surface area contributed by atoms with Crippen LogP contribution in [0.4, 0.5) is 5.69 Å². The Morgan fingerprint density at radius 2 is 1.73 bits per heavy atom. The number of hydrogen-bond acceptors (Lipinski definition) is 2. The molecule has 0 unspecified atom stereocenters. The second-order valence-corrected chi connectivity index (χ2v) is 3.51. The van der Waals surface area contributed by atoms with Crippen LogP contribution in [0.3, 0.4) is 0 Å². The van der Waals surface area contributed by atoms with Gasteiger partial charge in [0, 0.05) is 0 Å². The Labute approximate surface area is 89.2 Å². The van der Waals surface area contributed by atoms with Crippen LogP contribution in [-0.2, 0) is 0 Å². The maximum absolute atomic E-state index is 8.85. The van der Waals surface area contributed by atoms with Crippen molar-refractivity contribution in [1.82, 2.24) is 0 Å². The molecule has 2 nitrogen and oxygen atoms in total. The first-order chi connectivity index (χ1) is 7.31. The van der Waals surface area contributed by atoms with Crippen LogP contribution in [0, 0.1) is 6.92 Å². The molecule has 0 bridgehead atoms. The van der Waals surface area contributed by atoms with Crippen LogP contribution in [0.25, 0.3) is 11.1 Å². The molecule has 0 amide bonds. The molecule has 0 heterocycles. The van der Waals surface area contributed by atoms with E-state index in [2.05, 4.69) is 24.5 Å². The Kier molecular flexibility index (Phi) is 2.70. The van der Waals surface area contributed by atoms with Crippen LogP contribution in [0.1, 0.15) is 5.56 Å². The molecule has 0 aromatic heterocycles. The predicted octanol–water partition coefficient (Wildman–Crippen LogP) is 3.46. The highest BCUT2D eigenvalue weighted by Crippen LogP contribution is 2.25. The lowest BCUT2D eigenvalue weighted by Crippen LogP contribution is -1.91. The van der Waals surface area contributed by atoms with Crippen LogP contribution in [0.2, 0.25) is 0 Å². The highest BCUT2D eigenvalue weighted by molar-refractivity contribution is 5.71. The molecule has 2 aromatic carbocycles. The molecular formula is C13H13NO. The summed E-state index contributed by atoms with van der Waals surface area (Å²) in [5.41, 5.74) is 6.36. The standard InChI is InChI=1S/C13H13NO/c1-10-7-8-12(14-15)9-13(10)11-5-3-2-4-6-11/h2-9,14-15H,1H3. The summed E-state index contributed by atoms with van der Waals surface area (Å²) in [5.74, 6) is 0. The predicted molar refractivity (Wildman–Crippen MR) is 62.0 cm³/mol. The third-order valence-corrected chi connectivity index (χ3v) is 2.45. The van der Waals surface area contributed by atoms with Gasteiger partial charge in [0.1, 0.15) is 0 Å². The summed E-state index contributed by atoms with van der Waals surface area (Å²) in [6, 6.07) is 15.9. The van der Waals surface area contributed by atoms with E-state index in [1.807, 2.05) is 36.4 Å². The number of rotatable bonds is 2. The lowest BCUT2D eigenvalue weighted by atomic mass is 10.0. The van der Waals surface area contributed by atoms with Gasteiger partial charge in [-0.25, -0.2) is 0 Å². The molecule has 0 aliphatic rings. The van der Waals surface area contributed by atoms with Crippen LogP contribution >= 0.6 is 0 Å². The van der Waals surface area contributed by atoms with E-state index in [1.165, 1.54) is 5.56 Å². The summed E-state index contributed by atoms with van der Waals surface area (Å²) in [6.45, 7) is 2.06. The Bertz CT molecular complexity index is 451. The molecule has 0 atom stereocenters. The van der Waals surface area contributed by atoms with Crippen LogP contribution in [0.5, 0.6) is 0 Å². The minimum atomic E-state index is 0.708. The van der Waals surface area contributed by atoms with Gasteiger partial charge in [0.05, 0.1) is 5.69 Å². The Morgan fingerprint density at radius 3 is 2.40 bits per heavy atom. The van der Waals surface area contributed by atoms with E-state index in [0.717, 1.165) is 11.1 Å². The topological polar surface area (TPSA) is 32.3 Å². The van der Waals surface area contributed by atoms with E-state index in [1.54, 1.807) is 0 Å². The normalized spacial score (nSPS) is 10.0. The van der Waals surface area contributed by atoms with Crippen molar-refractivity contribution in [1.29, 1.82) is 0 Å². The maximum atomic E-state index is 8.85. The van der Waals surface area contributed by atoms with Gasteiger partial charge in [-0.15, -0.1) is 0 Å². The van der Waals surface area contributed by atoms with E-state index in [-0.39, 0.29) is 0 Å². The Morgan fingerprint density at radius 1 is 1.00 bits per heavy atom. The fourth-order valence-corrected chi connectivity index (χ4v) is 1.62. The first kappa shape index (κ1) is 9.74. The van der Waals surface area contributed by atoms with Crippen molar-refractivity contribution in [2.24, 2.45) is 0 Å². The van der Waals surface area contributed by atoms with Gasteiger partial charge in [-0.1, -0.05) is 36.4 Å². The summed E-state index contributed by atoms with van der Waals surface area (Å²) < 4.78 is 0. The lowest BCUT2D eigenvalue weighted by Gasteiger charge is -2.08. The highest BCUT2D eigenvalue weighted by Gasteiger charge is 2.01. The average Bonchev–Trinajstić information content (AvgIpc) is 2.31. The third-order valence-electron chi connectivity index (χ3n) is 2.45. The van der Waals surface area contributed by atoms with Crippen molar-refractivity contribution in [2.45, 2.75) is 6.92 Å². The highest BCUT2D eigenvalue weighted by atomic mass is 16.5. The molecule has 0 fully saturated rings. The fraction of sp³-hybridized carbons (Fsp3) is 0.0769. The summed E-state index contributed by atoms with van der Waals surface area (Å²) in [6.07, 6.45) is 0. The van der Waals surface area contributed by atoms with E-state index < -0.39 is 0 Å². The van der Waals surface area contributed by atoms with Gasteiger partial charge in [-0.3, -0.25) is 10.7 Å². The van der Waals surface area contributed by atoms with Gasteiger partial charge in [0.25, 0.3) is 0 Å². The molecule has 2 heteroatoms. The first-order valence-electron chi connectivity index (χ1n) is 4.87. The minimum Gasteiger partial charge on any atom is -0.291 e. The Hall–Kier alpha value is -1.80. The van der Waals surface area contributed by atoms with E-state index in [0.29, 0.717) is 5.69 Å². The summed E-state index contributed by atoms with van der Waals surface area (Å²) in [4.78, 5) is 0. The number of nitrogens with one attached hydrogen (secondary N) is 1. The second kappa shape index (κ2) is 4.15. The second-order valence-electron chi connectivity index (χ2n) is 3.51. The first-order valence-corrected chi connectivity index (χ1v) is 4.87. The van der Waals surface area contributed by atoms with Crippen molar-refractivity contribution in [3.8, 4) is 11.1 Å². The SMILES string of the molecule is Cc1ccc(NO)cc1-c1ccccc1. The van der Waals surface area contributed by atoms with Crippen molar-refractivity contribution < 1.29 is 5.21 Å². The van der Waals surface area contributed by atoms with Crippen molar-refractivity contribution in [2.75, 3.05) is 5.48 Å². The molecule has 15 heavy (non-hydrogen) atoms. The molecule has 0 radical (unpaired) electrons. The molecule has 0 aliphatic carbocycles. The largest absolute Gasteiger partial charge is 0.291 e. The van der Waals surface area contributed by atoms with Gasteiger partial charge >= 0.3 is 0 Å². The molecule has 0 aliphatic heterocycles. The van der Waals surface area contributed by atoms with Gasteiger partial charge < -0.3 is 0 Å². The van der Waals surface area contributed by atoms with Crippen LogP contribution in [-0.4, -0.2) is 5.21 Å². The van der Waals surface area contributed by atoms with Gasteiger partial charge in [-0.2, -0.15) is 0 Å². The minimum absolute atomic E-state index is 0.708. The molecule has 2 N–H and O–H groups in total. The van der Waals surface area contributed by atoms with E-state index in [9.17, 15) is 0 Å². The van der Waals surface area contributed by atoms with Crippen LogP contribution in [0.15, 0.2) is 48.5 Å². The van der Waals surface area contributed by atoms with E-state index in [4.69, 9.17) is 5.21 Å². The summed E-state index contributed by atoms with van der Waals surface area (Å²) in [5, 5.41) is 8.85. The zero-order valence-electron chi connectivity index (χ0n) is 8.57. The number of aryl methyl sites for hydroxylation is 1. The van der Waals surface area contributed by atoms with Gasteiger partial charge in [-0.05, 0) is 35.7 Å². The van der Waals surface area contributed by atoms with Gasteiger partial charge in [0.15, 0.2) is 0 Å². The third kappa shape index (κ3) is 2.00. The monoisotopic (exact) mass is 199 g/mol. The average molecular weight is 199 g/mol. The quantitative estimate of drug-likeness (QED) is 0.726. The molecule has 0 spiro atoms. The smallest absolute Gasteiger partial charge is 0.0608 e. The molecule has 0 saturated heterocycles.